The van der Waals surface area contributed by atoms with Gasteiger partial charge in [0, 0.05) is 31.3 Å². The number of anilines is 1. The molecule has 0 aliphatic carbocycles. The summed E-state index contributed by atoms with van der Waals surface area (Å²) in [6.07, 6.45) is 0. The minimum atomic E-state index is -0.466. The Balaban J connectivity index is 1.94. The van der Waals surface area contributed by atoms with Crippen molar-refractivity contribution in [3.8, 4) is 0 Å². The Bertz CT molecular complexity index is 436. The van der Waals surface area contributed by atoms with Gasteiger partial charge in [-0.05, 0) is 6.07 Å². The second-order valence-electron chi connectivity index (χ2n) is 4.03. The summed E-state index contributed by atoms with van der Waals surface area (Å²) in [5.74, 6) is 0. The molecule has 1 fully saturated rings. The Morgan fingerprint density at radius 3 is 3.06 bits per heavy atom. The van der Waals surface area contributed by atoms with Crippen LogP contribution in [0.15, 0.2) is 18.2 Å². The third-order valence-electron chi connectivity index (χ3n) is 2.70. The third kappa shape index (κ3) is 3.32. The van der Waals surface area contributed by atoms with Gasteiger partial charge in [0.05, 0.1) is 28.8 Å². The van der Waals surface area contributed by atoms with Crippen LogP contribution in [0.2, 0.25) is 5.02 Å². The summed E-state index contributed by atoms with van der Waals surface area (Å²) in [4.78, 5) is 10.1. The van der Waals surface area contributed by atoms with Gasteiger partial charge in [0.1, 0.15) is 0 Å². The van der Waals surface area contributed by atoms with E-state index in [1.54, 1.807) is 6.07 Å². The molecule has 18 heavy (non-hydrogen) atoms. The van der Waals surface area contributed by atoms with Crippen LogP contribution in [-0.4, -0.2) is 37.3 Å². The molecular formula is C11H14ClN3O3. The zero-order chi connectivity index (χ0) is 13.0. The predicted molar refractivity (Wildman–Crippen MR) is 69.2 cm³/mol. The number of nitrogens with one attached hydrogen (secondary N) is 2. The number of non-ortho nitro benzene ring substituents is 1. The molecule has 0 saturated carbocycles. The highest BCUT2D eigenvalue weighted by Gasteiger charge is 2.14. The summed E-state index contributed by atoms with van der Waals surface area (Å²) in [6, 6.07) is 4.61. The summed E-state index contributed by atoms with van der Waals surface area (Å²) < 4.78 is 5.33. The van der Waals surface area contributed by atoms with Crippen molar-refractivity contribution in [2.75, 3.05) is 31.6 Å². The maximum Gasteiger partial charge on any atom is 0.271 e. The molecule has 0 radical (unpaired) electrons. The summed E-state index contributed by atoms with van der Waals surface area (Å²) in [5.41, 5.74) is 0.680. The number of halogens is 1. The average Bonchev–Trinajstić information content (AvgIpc) is 2.38. The highest BCUT2D eigenvalue weighted by atomic mass is 35.5. The van der Waals surface area contributed by atoms with Crippen LogP contribution < -0.4 is 10.6 Å². The fraction of sp³-hybridized carbons (Fsp3) is 0.455. The van der Waals surface area contributed by atoms with E-state index in [2.05, 4.69) is 10.6 Å². The van der Waals surface area contributed by atoms with Crippen molar-refractivity contribution < 1.29 is 9.66 Å². The monoisotopic (exact) mass is 271 g/mol. The smallest absolute Gasteiger partial charge is 0.271 e. The van der Waals surface area contributed by atoms with Gasteiger partial charge in [0.15, 0.2) is 0 Å². The van der Waals surface area contributed by atoms with Gasteiger partial charge in [-0.15, -0.1) is 0 Å². The molecule has 1 aromatic carbocycles. The van der Waals surface area contributed by atoms with Gasteiger partial charge in [-0.3, -0.25) is 10.1 Å². The number of hydrogen-bond acceptors (Lipinski definition) is 5. The number of hydrogen-bond donors (Lipinski definition) is 2. The predicted octanol–water partition coefficient (Wildman–Crippen LogP) is 1.65. The fourth-order valence-corrected chi connectivity index (χ4v) is 1.99. The minimum absolute atomic E-state index is 0.00956. The van der Waals surface area contributed by atoms with Crippen LogP contribution >= 0.6 is 11.6 Å². The lowest BCUT2D eigenvalue weighted by Crippen LogP contribution is -2.45. The van der Waals surface area contributed by atoms with Crippen molar-refractivity contribution in [2.24, 2.45) is 0 Å². The molecule has 1 aromatic rings. The molecule has 2 N–H and O–H groups in total. The Morgan fingerprint density at radius 1 is 1.61 bits per heavy atom. The molecular weight excluding hydrogens is 258 g/mol. The number of ether oxygens (including phenoxy) is 1. The van der Waals surface area contributed by atoms with Gasteiger partial charge in [-0.2, -0.15) is 0 Å². The summed E-state index contributed by atoms with van der Waals surface area (Å²) in [6.45, 7) is 2.88. The maximum atomic E-state index is 10.6. The van der Waals surface area contributed by atoms with Crippen LogP contribution in [0.4, 0.5) is 11.4 Å². The van der Waals surface area contributed by atoms with Crippen molar-refractivity contribution in [3.63, 3.8) is 0 Å². The van der Waals surface area contributed by atoms with E-state index in [1.165, 1.54) is 12.1 Å². The number of nitrogens with zero attached hydrogens (tertiary/aromatic N) is 1. The molecule has 0 amide bonds. The van der Waals surface area contributed by atoms with Gasteiger partial charge in [0.25, 0.3) is 5.69 Å². The SMILES string of the molecule is O=[N+]([O-])c1ccc(NCC2COCCN2)c(Cl)c1. The zero-order valence-corrected chi connectivity index (χ0v) is 10.4. The van der Waals surface area contributed by atoms with Crippen LogP contribution in [0.5, 0.6) is 0 Å². The second-order valence-corrected chi connectivity index (χ2v) is 4.44. The molecule has 1 heterocycles. The molecule has 6 nitrogen and oxygen atoms in total. The van der Waals surface area contributed by atoms with Crippen LogP contribution in [0, 0.1) is 10.1 Å². The number of nitro groups is 1. The van der Waals surface area contributed by atoms with E-state index in [1.807, 2.05) is 0 Å². The molecule has 1 atom stereocenters. The first-order chi connectivity index (χ1) is 8.66. The summed E-state index contributed by atoms with van der Waals surface area (Å²) >= 11 is 5.97. The van der Waals surface area contributed by atoms with Crippen molar-refractivity contribution >= 4 is 23.0 Å². The van der Waals surface area contributed by atoms with E-state index in [9.17, 15) is 10.1 Å². The minimum Gasteiger partial charge on any atom is -0.382 e. The lowest BCUT2D eigenvalue weighted by atomic mass is 10.2. The first-order valence-corrected chi connectivity index (χ1v) is 6.03. The van der Waals surface area contributed by atoms with Crippen LogP contribution in [-0.2, 0) is 4.74 Å². The quantitative estimate of drug-likeness (QED) is 0.643. The van der Waals surface area contributed by atoms with E-state index in [-0.39, 0.29) is 11.7 Å². The van der Waals surface area contributed by atoms with Gasteiger partial charge >= 0.3 is 0 Å². The topological polar surface area (TPSA) is 76.4 Å². The molecule has 2 rings (SSSR count). The fourth-order valence-electron chi connectivity index (χ4n) is 1.74. The van der Waals surface area contributed by atoms with E-state index in [0.29, 0.717) is 23.9 Å². The first-order valence-electron chi connectivity index (χ1n) is 5.66. The Hall–Kier alpha value is -1.37. The van der Waals surface area contributed by atoms with Gasteiger partial charge < -0.3 is 15.4 Å². The first kappa shape index (κ1) is 13.1. The average molecular weight is 272 g/mol. The molecule has 1 unspecified atom stereocenters. The normalized spacial score (nSPS) is 19.5. The van der Waals surface area contributed by atoms with E-state index in [4.69, 9.17) is 16.3 Å². The van der Waals surface area contributed by atoms with Crippen LogP contribution in [0.1, 0.15) is 0 Å². The highest BCUT2D eigenvalue weighted by Crippen LogP contribution is 2.26. The Labute approximate surface area is 109 Å². The van der Waals surface area contributed by atoms with Crippen LogP contribution in [0.3, 0.4) is 0 Å². The van der Waals surface area contributed by atoms with Gasteiger partial charge in [0.2, 0.25) is 0 Å². The number of nitro benzene ring substituents is 1. The molecule has 0 spiro atoms. The molecule has 0 bridgehead atoms. The molecule has 98 valence electrons. The van der Waals surface area contributed by atoms with E-state index >= 15 is 0 Å². The van der Waals surface area contributed by atoms with Crippen molar-refractivity contribution in [2.45, 2.75) is 6.04 Å². The lowest BCUT2D eigenvalue weighted by molar-refractivity contribution is -0.384. The summed E-state index contributed by atoms with van der Waals surface area (Å²) in [7, 11) is 0. The van der Waals surface area contributed by atoms with Crippen molar-refractivity contribution in [3.05, 3.63) is 33.3 Å². The number of benzene rings is 1. The highest BCUT2D eigenvalue weighted by molar-refractivity contribution is 6.33. The van der Waals surface area contributed by atoms with Crippen molar-refractivity contribution in [1.29, 1.82) is 0 Å². The molecule has 0 aromatic heterocycles. The Kier molecular flexibility index (Phi) is 4.35. The lowest BCUT2D eigenvalue weighted by Gasteiger charge is -2.24. The summed E-state index contributed by atoms with van der Waals surface area (Å²) in [5, 5.41) is 17.4. The number of rotatable bonds is 4. The van der Waals surface area contributed by atoms with E-state index in [0.717, 1.165) is 13.2 Å². The maximum absolute atomic E-state index is 10.6. The molecule has 1 saturated heterocycles. The van der Waals surface area contributed by atoms with Gasteiger partial charge in [-0.25, -0.2) is 0 Å². The van der Waals surface area contributed by atoms with Crippen LogP contribution in [0.25, 0.3) is 0 Å². The molecule has 1 aliphatic rings. The van der Waals surface area contributed by atoms with Gasteiger partial charge in [-0.1, -0.05) is 11.6 Å². The van der Waals surface area contributed by atoms with Crippen molar-refractivity contribution in [1.82, 2.24) is 5.32 Å². The largest absolute Gasteiger partial charge is 0.382 e. The third-order valence-corrected chi connectivity index (χ3v) is 3.01. The zero-order valence-electron chi connectivity index (χ0n) is 9.69. The molecule has 7 heteroatoms. The second kappa shape index (κ2) is 5.99. The standard InChI is InChI=1S/C11H14ClN3O3/c12-10-5-9(15(16)17)1-2-11(10)14-6-8-7-18-4-3-13-8/h1-2,5,8,13-14H,3-4,6-7H2. The van der Waals surface area contributed by atoms with E-state index < -0.39 is 4.92 Å². The Morgan fingerprint density at radius 2 is 2.44 bits per heavy atom. The number of morpholine rings is 1. The molecule has 1 aliphatic heterocycles.